The van der Waals surface area contributed by atoms with E-state index in [1.807, 2.05) is 6.08 Å². The third-order valence-corrected chi connectivity index (χ3v) is 8.17. The summed E-state index contributed by atoms with van der Waals surface area (Å²) >= 11 is 0. The van der Waals surface area contributed by atoms with Crippen molar-refractivity contribution in [2.75, 3.05) is 0 Å². The summed E-state index contributed by atoms with van der Waals surface area (Å²) in [5, 5.41) is 21.6. The lowest BCUT2D eigenvalue weighted by Crippen LogP contribution is -2.54. The van der Waals surface area contributed by atoms with E-state index < -0.39 is 11.7 Å². The second kappa shape index (κ2) is 5.16. The molecule has 0 aromatic carbocycles. The molecule has 0 aromatic rings. The van der Waals surface area contributed by atoms with Crippen LogP contribution < -0.4 is 0 Å². The Balaban J connectivity index is 1.68. The predicted octanol–water partition coefficient (Wildman–Crippen LogP) is 3.24. The number of rotatable bonds is 1. The molecule has 7 atom stereocenters. The van der Waals surface area contributed by atoms with Crippen LogP contribution >= 0.6 is 0 Å². The molecule has 0 aromatic heterocycles. The van der Waals surface area contributed by atoms with E-state index in [4.69, 9.17) is 0 Å². The van der Waals surface area contributed by atoms with Crippen LogP contribution in [-0.2, 0) is 4.79 Å². The maximum absolute atomic E-state index is 11.8. The molecular weight excluding hydrogens is 288 g/mol. The van der Waals surface area contributed by atoms with Crippen molar-refractivity contribution in [2.45, 2.75) is 76.9 Å². The Labute approximate surface area is 139 Å². The fourth-order valence-electron chi connectivity index (χ4n) is 7.13. The first kappa shape index (κ1) is 15.8. The molecule has 0 radical (unpaired) electrons. The summed E-state index contributed by atoms with van der Waals surface area (Å²) in [4.78, 5) is 11.8. The highest BCUT2D eigenvalue weighted by Gasteiger charge is 2.62. The Bertz CT molecular complexity index is 549. The van der Waals surface area contributed by atoms with Crippen LogP contribution in [0.15, 0.2) is 11.6 Å². The maximum Gasteiger partial charge on any atom is 0.158 e. The smallest absolute Gasteiger partial charge is 0.158 e. The van der Waals surface area contributed by atoms with Gasteiger partial charge in [-0.3, -0.25) is 4.79 Å². The third-order valence-electron chi connectivity index (χ3n) is 8.17. The number of hydrogen-bond acceptors (Lipinski definition) is 3. The summed E-state index contributed by atoms with van der Waals surface area (Å²) in [6.45, 7) is 4.30. The van der Waals surface area contributed by atoms with Crippen LogP contribution in [0.1, 0.15) is 65.2 Å². The van der Waals surface area contributed by atoms with Gasteiger partial charge in [-0.25, -0.2) is 0 Å². The number of hydrogen-bond donors (Lipinski definition) is 2. The van der Waals surface area contributed by atoms with Gasteiger partial charge in [-0.05, 0) is 75.7 Å². The van der Waals surface area contributed by atoms with Crippen molar-refractivity contribution in [3.63, 3.8) is 0 Å². The highest BCUT2D eigenvalue weighted by molar-refractivity contribution is 5.92. The first-order chi connectivity index (χ1) is 10.9. The van der Waals surface area contributed by atoms with Gasteiger partial charge in [0, 0.05) is 17.8 Å². The zero-order chi connectivity index (χ0) is 16.4. The van der Waals surface area contributed by atoms with Crippen LogP contribution in [0.5, 0.6) is 0 Å². The molecule has 0 bridgehead atoms. The molecule has 0 amide bonds. The molecule has 2 N–H and O–H groups in total. The summed E-state index contributed by atoms with van der Waals surface area (Å²) in [6, 6.07) is 0. The van der Waals surface area contributed by atoms with Gasteiger partial charge in [0.2, 0.25) is 0 Å². The summed E-state index contributed by atoms with van der Waals surface area (Å²) in [5.74, 6) is 2.02. The van der Waals surface area contributed by atoms with Gasteiger partial charge in [-0.15, -0.1) is 0 Å². The molecule has 0 spiro atoms. The molecule has 0 aliphatic heterocycles. The van der Waals surface area contributed by atoms with E-state index >= 15 is 0 Å². The highest BCUT2D eigenvalue weighted by Crippen LogP contribution is 2.66. The van der Waals surface area contributed by atoms with Gasteiger partial charge in [0.1, 0.15) is 0 Å². The molecule has 23 heavy (non-hydrogen) atoms. The summed E-state index contributed by atoms with van der Waals surface area (Å²) in [5.41, 5.74) is 0.753. The van der Waals surface area contributed by atoms with Gasteiger partial charge >= 0.3 is 0 Å². The van der Waals surface area contributed by atoms with Gasteiger partial charge in [0.25, 0.3) is 0 Å². The topological polar surface area (TPSA) is 57.5 Å². The fourth-order valence-corrected chi connectivity index (χ4v) is 7.13. The number of ketones is 1. The molecule has 4 aliphatic rings. The van der Waals surface area contributed by atoms with E-state index in [2.05, 4.69) is 13.8 Å². The molecule has 4 rings (SSSR count). The molecule has 3 fully saturated rings. The summed E-state index contributed by atoms with van der Waals surface area (Å²) < 4.78 is 0. The van der Waals surface area contributed by atoms with E-state index in [9.17, 15) is 15.0 Å². The molecule has 3 saturated carbocycles. The van der Waals surface area contributed by atoms with Crippen molar-refractivity contribution in [3.05, 3.63) is 11.6 Å². The number of aliphatic hydroxyl groups is 2. The Morgan fingerprint density at radius 3 is 2.74 bits per heavy atom. The number of carbonyl (C=O) groups excluding carboxylic acids is 1. The highest BCUT2D eigenvalue weighted by atomic mass is 16.3. The quantitative estimate of drug-likeness (QED) is 0.780. The van der Waals surface area contributed by atoms with Crippen molar-refractivity contribution in [1.29, 1.82) is 0 Å². The molecule has 0 heterocycles. The molecular formula is C20H30O3. The van der Waals surface area contributed by atoms with Gasteiger partial charge in [0.15, 0.2) is 5.78 Å². The normalized spacial score (nSPS) is 52.4. The van der Waals surface area contributed by atoms with Gasteiger partial charge in [-0.1, -0.05) is 12.5 Å². The minimum atomic E-state index is -0.533. The van der Waals surface area contributed by atoms with Crippen LogP contribution in [0, 0.1) is 29.1 Å². The summed E-state index contributed by atoms with van der Waals surface area (Å²) in [7, 11) is 0. The summed E-state index contributed by atoms with van der Waals surface area (Å²) in [6.07, 6.45) is 9.03. The van der Waals surface area contributed by atoms with Crippen molar-refractivity contribution in [2.24, 2.45) is 29.1 Å². The van der Waals surface area contributed by atoms with Crippen molar-refractivity contribution in [1.82, 2.24) is 0 Å². The van der Waals surface area contributed by atoms with Crippen molar-refractivity contribution in [3.8, 4) is 0 Å². The molecule has 4 aliphatic carbocycles. The van der Waals surface area contributed by atoms with Crippen LogP contribution in [0.2, 0.25) is 0 Å². The standard InChI is InChI=1S/C20H30O3/c1-3-20-9-6-15-14(16(20)7-8-19(20,2)23)5-4-12-10-13(21)11-17(22)18(12)15/h10,14-18,22-23H,3-9,11H2,1-2H3/t14-,15+,16+,17+,18+,19+,20+/m1/s1. The third kappa shape index (κ3) is 2.05. The van der Waals surface area contributed by atoms with Gasteiger partial charge in [-0.2, -0.15) is 0 Å². The van der Waals surface area contributed by atoms with Gasteiger partial charge in [0.05, 0.1) is 11.7 Å². The average molecular weight is 318 g/mol. The SMILES string of the molecule is CC[C@]12CC[C@H]3[C@@H](CCC4=CC(=O)C[C@H](O)[C@@H]43)[C@@H]1CC[C@]2(C)O. The monoisotopic (exact) mass is 318 g/mol. The molecule has 128 valence electrons. The number of aliphatic hydroxyl groups excluding tert-OH is 1. The van der Waals surface area contributed by atoms with E-state index in [1.165, 1.54) is 5.57 Å². The van der Waals surface area contributed by atoms with Crippen molar-refractivity contribution < 1.29 is 15.0 Å². The minimum Gasteiger partial charge on any atom is -0.392 e. The first-order valence-electron chi connectivity index (χ1n) is 9.53. The Morgan fingerprint density at radius 2 is 2.00 bits per heavy atom. The Morgan fingerprint density at radius 1 is 1.22 bits per heavy atom. The van der Waals surface area contributed by atoms with E-state index in [0.717, 1.165) is 44.9 Å². The largest absolute Gasteiger partial charge is 0.392 e. The lowest BCUT2D eigenvalue weighted by atomic mass is 9.49. The zero-order valence-corrected chi connectivity index (χ0v) is 14.4. The Kier molecular flexibility index (Phi) is 3.55. The van der Waals surface area contributed by atoms with Crippen LogP contribution in [0.25, 0.3) is 0 Å². The first-order valence-corrected chi connectivity index (χ1v) is 9.53. The van der Waals surface area contributed by atoms with Gasteiger partial charge < -0.3 is 10.2 Å². The van der Waals surface area contributed by atoms with E-state index in [1.54, 1.807) is 0 Å². The van der Waals surface area contributed by atoms with Crippen LogP contribution in [-0.4, -0.2) is 27.7 Å². The number of carbonyl (C=O) groups is 1. The molecule has 3 nitrogen and oxygen atoms in total. The number of fused-ring (bicyclic) bond motifs is 5. The molecule has 0 saturated heterocycles. The maximum atomic E-state index is 11.8. The lowest BCUT2D eigenvalue weighted by molar-refractivity contribution is -0.131. The zero-order valence-electron chi connectivity index (χ0n) is 14.4. The molecule has 0 unspecified atom stereocenters. The van der Waals surface area contributed by atoms with Crippen LogP contribution in [0.3, 0.4) is 0 Å². The fraction of sp³-hybridized carbons (Fsp3) is 0.850. The Hall–Kier alpha value is -0.670. The second-order valence-corrected chi connectivity index (χ2v) is 8.82. The van der Waals surface area contributed by atoms with E-state index in [-0.39, 0.29) is 17.1 Å². The second-order valence-electron chi connectivity index (χ2n) is 8.82. The van der Waals surface area contributed by atoms with Crippen molar-refractivity contribution >= 4 is 5.78 Å². The minimum absolute atomic E-state index is 0.0742. The average Bonchev–Trinajstić information content (AvgIpc) is 2.78. The van der Waals surface area contributed by atoms with Crippen LogP contribution in [0.4, 0.5) is 0 Å². The lowest BCUT2D eigenvalue weighted by Gasteiger charge is -2.56. The molecule has 3 heteroatoms. The predicted molar refractivity (Wildman–Crippen MR) is 88.7 cm³/mol. The van der Waals surface area contributed by atoms with E-state index in [0.29, 0.717) is 24.2 Å².